The van der Waals surface area contributed by atoms with Crippen LogP contribution in [0.5, 0.6) is 0 Å². The van der Waals surface area contributed by atoms with Crippen molar-refractivity contribution in [2.24, 2.45) is 0 Å². The summed E-state index contributed by atoms with van der Waals surface area (Å²) in [5.74, 6) is 0.587. The Morgan fingerprint density at radius 3 is 2.85 bits per heavy atom. The van der Waals surface area contributed by atoms with E-state index in [0.29, 0.717) is 11.0 Å². The second-order valence-corrected chi connectivity index (χ2v) is 7.08. The van der Waals surface area contributed by atoms with Crippen molar-refractivity contribution in [3.05, 3.63) is 23.8 Å². The number of nitrogens with one attached hydrogen (secondary N) is 1. The van der Waals surface area contributed by atoms with E-state index in [0.717, 1.165) is 27.9 Å². The molecule has 0 bridgehead atoms. The lowest BCUT2D eigenvalue weighted by atomic mass is 10.2. The molecule has 0 aliphatic heterocycles. The zero-order chi connectivity index (χ0) is 14.4. The number of thioether (sulfide) groups is 2. The van der Waals surface area contributed by atoms with Gasteiger partial charge in [0.15, 0.2) is 0 Å². The number of carbonyl (C=O) groups is 1. The average Bonchev–Trinajstić information content (AvgIpc) is 2.93. The van der Waals surface area contributed by atoms with Gasteiger partial charge in [-0.2, -0.15) is 5.26 Å². The molecule has 0 unspecified atom stereocenters. The highest BCUT2D eigenvalue weighted by molar-refractivity contribution is 8.03. The van der Waals surface area contributed by atoms with Crippen molar-refractivity contribution in [3.8, 4) is 5.40 Å². The number of hydrogen-bond acceptors (Lipinski definition) is 4. The van der Waals surface area contributed by atoms with E-state index < -0.39 is 0 Å². The van der Waals surface area contributed by atoms with Crippen LogP contribution in [0, 0.1) is 17.6 Å². The molecule has 1 N–H and O–H groups in total. The summed E-state index contributed by atoms with van der Waals surface area (Å²) in [6.45, 7) is 1.95. The lowest BCUT2D eigenvalue weighted by molar-refractivity contribution is -0.113. The van der Waals surface area contributed by atoms with Gasteiger partial charge in [-0.3, -0.25) is 4.79 Å². The molecule has 1 saturated carbocycles. The van der Waals surface area contributed by atoms with E-state index >= 15 is 0 Å². The molecule has 1 fully saturated rings. The van der Waals surface area contributed by atoms with E-state index in [4.69, 9.17) is 5.26 Å². The summed E-state index contributed by atoms with van der Waals surface area (Å²) in [5.41, 5.74) is 1.83. The Kier molecular flexibility index (Phi) is 5.81. The van der Waals surface area contributed by atoms with Crippen molar-refractivity contribution in [3.63, 3.8) is 0 Å². The number of hydrogen-bond donors (Lipinski definition) is 1. The third-order valence-corrected chi connectivity index (χ3v) is 5.34. The predicted octanol–water partition coefficient (Wildman–Crippen LogP) is 4.18. The Balaban J connectivity index is 1.85. The predicted molar refractivity (Wildman–Crippen MR) is 86.0 cm³/mol. The van der Waals surface area contributed by atoms with Gasteiger partial charge >= 0.3 is 0 Å². The van der Waals surface area contributed by atoms with Crippen molar-refractivity contribution >= 4 is 35.1 Å². The molecule has 1 aliphatic carbocycles. The van der Waals surface area contributed by atoms with Crippen LogP contribution in [0.25, 0.3) is 0 Å². The molecule has 20 heavy (non-hydrogen) atoms. The summed E-state index contributed by atoms with van der Waals surface area (Å²) in [4.78, 5) is 12.8. The Hall–Kier alpha value is -1.12. The second kappa shape index (κ2) is 7.61. The molecule has 0 atom stereocenters. The monoisotopic (exact) mass is 306 g/mol. The van der Waals surface area contributed by atoms with E-state index in [9.17, 15) is 4.79 Å². The maximum Gasteiger partial charge on any atom is 0.234 e. The number of rotatable bonds is 5. The zero-order valence-electron chi connectivity index (χ0n) is 11.5. The maximum atomic E-state index is 11.9. The van der Waals surface area contributed by atoms with Gasteiger partial charge in [0.05, 0.1) is 5.75 Å². The van der Waals surface area contributed by atoms with Crippen molar-refractivity contribution in [2.75, 3.05) is 11.1 Å². The molecule has 0 saturated heterocycles. The molecule has 0 aromatic heterocycles. The summed E-state index contributed by atoms with van der Waals surface area (Å²) in [7, 11) is 0. The maximum absolute atomic E-state index is 11.9. The van der Waals surface area contributed by atoms with Crippen molar-refractivity contribution in [2.45, 2.75) is 42.8 Å². The van der Waals surface area contributed by atoms with Gasteiger partial charge < -0.3 is 5.32 Å². The molecule has 106 valence electrons. The highest BCUT2D eigenvalue weighted by Gasteiger charge is 2.16. The first-order valence-corrected chi connectivity index (χ1v) is 8.63. The minimum atomic E-state index is 0.0608. The number of thiocyanates is 1. The molecule has 5 heteroatoms. The fraction of sp³-hybridized carbons (Fsp3) is 0.467. The molecule has 2 rings (SSSR count). The fourth-order valence-electron chi connectivity index (χ4n) is 2.33. The first-order chi connectivity index (χ1) is 9.69. The lowest BCUT2D eigenvalue weighted by Gasteiger charge is -2.11. The number of nitriles is 1. The van der Waals surface area contributed by atoms with Crippen LogP contribution in [0.1, 0.15) is 31.2 Å². The van der Waals surface area contributed by atoms with Gasteiger partial charge in [0.2, 0.25) is 5.91 Å². The Labute approximate surface area is 128 Å². The van der Waals surface area contributed by atoms with E-state index in [1.54, 1.807) is 11.8 Å². The van der Waals surface area contributed by atoms with Crippen molar-refractivity contribution in [1.82, 2.24) is 0 Å². The van der Waals surface area contributed by atoms with Gasteiger partial charge in [0.25, 0.3) is 0 Å². The van der Waals surface area contributed by atoms with Crippen LogP contribution in [0.3, 0.4) is 0 Å². The average molecular weight is 306 g/mol. The minimum Gasteiger partial charge on any atom is -0.325 e. The molecule has 0 spiro atoms. The Morgan fingerprint density at radius 1 is 1.45 bits per heavy atom. The van der Waals surface area contributed by atoms with Crippen LogP contribution in [0.4, 0.5) is 5.69 Å². The molecule has 1 aromatic rings. The van der Waals surface area contributed by atoms with Crippen LogP contribution in [-0.4, -0.2) is 16.9 Å². The van der Waals surface area contributed by atoms with Gasteiger partial charge in [0, 0.05) is 15.8 Å². The number of carbonyl (C=O) groups excluding carboxylic acids is 1. The van der Waals surface area contributed by atoms with Crippen LogP contribution >= 0.6 is 23.5 Å². The van der Waals surface area contributed by atoms with Gasteiger partial charge in [-0.25, -0.2) is 0 Å². The van der Waals surface area contributed by atoms with Crippen LogP contribution in [-0.2, 0) is 4.79 Å². The minimum absolute atomic E-state index is 0.0608. The Morgan fingerprint density at radius 2 is 2.20 bits per heavy atom. The van der Waals surface area contributed by atoms with Crippen molar-refractivity contribution < 1.29 is 4.79 Å². The third-order valence-electron chi connectivity index (χ3n) is 3.39. The highest BCUT2D eigenvalue weighted by Crippen LogP contribution is 2.29. The molecule has 1 aliphatic rings. The number of aryl methyl sites for hydroxylation is 1. The molecular weight excluding hydrogens is 288 g/mol. The quantitative estimate of drug-likeness (QED) is 0.655. The smallest absolute Gasteiger partial charge is 0.234 e. The second-order valence-electron chi connectivity index (χ2n) is 4.94. The van der Waals surface area contributed by atoms with Crippen LogP contribution in [0.2, 0.25) is 0 Å². The van der Waals surface area contributed by atoms with Crippen LogP contribution in [0.15, 0.2) is 23.1 Å². The van der Waals surface area contributed by atoms with E-state index in [1.165, 1.54) is 25.7 Å². The van der Waals surface area contributed by atoms with Gasteiger partial charge in [-0.1, -0.05) is 12.8 Å². The van der Waals surface area contributed by atoms with E-state index in [2.05, 4.69) is 5.32 Å². The summed E-state index contributed by atoms with van der Waals surface area (Å²) in [6, 6.07) is 5.65. The molecular formula is C15H18N2OS2. The molecule has 1 aromatic carbocycles. The van der Waals surface area contributed by atoms with E-state index in [1.807, 2.05) is 30.5 Å². The van der Waals surface area contributed by atoms with Crippen molar-refractivity contribution in [1.29, 1.82) is 5.26 Å². The largest absolute Gasteiger partial charge is 0.325 e. The van der Waals surface area contributed by atoms with Crippen LogP contribution < -0.4 is 5.32 Å². The summed E-state index contributed by atoms with van der Waals surface area (Å²) >= 11 is 2.90. The molecule has 1 amide bonds. The normalized spacial score (nSPS) is 15.0. The fourth-order valence-corrected chi connectivity index (χ4v) is 3.93. The molecule has 0 radical (unpaired) electrons. The molecule has 3 nitrogen and oxygen atoms in total. The van der Waals surface area contributed by atoms with E-state index in [-0.39, 0.29) is 5.91 Å². The standard InChI is InChI=1S/C15H18N2OS2/c1-11-8-13(20-10-16)6-7-14(11)17-15(18)9-19-12-4-2-3-5-12/h6-8,12H,2-5,9H2,1H3,(H,17,18). The Bertz CT molecular complexity index is 519. The number of amides is 1. The SMILES string of the molecule is Cc1cc(SC#N)ccc1NC(=O)CSC1CCCC1. The van der Waals surface area contributed by atoms with Gasteiger partial charge in [-0.15, -0.1) is 11.8 Å². The number of anilines is 1. The number of nitrogens with zero attached hydrogens (tertiary/aromatic N) is 1. The van der Waals surface area contributed by atoms with Gasteiger partial charge in [-0.05, 0) is 55.3 Å². The zero-order valence-corrected chi connectivity index (χ0v) is 13.1. The highest BCUT2D eigenvalue weighted by atomic mass is 32.2. The number of benzene rings is 1. The van der Waals surface area contributed by atoms with Gasteiger partial charge in [0.1, 0.15) is 5.40 Å². The first-order valence-electron chi connectivity index (χ1n) is 6.77. The topological polar surface area (TPSA) is 52.9 Å². The molecule has 0 heterocycles. The third kappa shape index (κ3) is 4.46. The summed E-state index contributed by atoms with van der Waals surface area (Å²) < 4.78 is 0. The summed E-state index contributed by atoms with van der Waals surface area (Å²) in [6.07, 6.45) is 5.10. The summed E-state index contributed by atoms with van der Waals surface area (Å²) in [5, 5.41) is 14.3. The lowest BCUT2D eigenvalue weighted by Crippen LogP contribution is -2.16. The first kappa shape index (κ1) is 15.3.